The number of hydrogen-bond acceptors (Lipinski definition) is 1. The standard InChI is InChI=1S/C20H20ClN/c1-2-13-6-4-10-17-16-9-5-11-18(16)20(22-19(13)17)14-7-3-8-15(21)12-14/h3-10,12,16,18,20,22H,2,11H2,1H3/t16-,18+,20+/m0/s1. The van der Waals surface area contributed by atoms with Gasteiger partial charge in [-0.25, -0.2) is 0 Å². The molecule has 1 aliphatic carbocycles. The van der Waals surface area contributed by atoms with Crippen LogP contribution in [0.1, 0.15) is 42.0 Å². The van der Waals surface area contributed by atoms with Gasteiger partial charge in [0.1, 0.15) is 0 Å². The summed E-state index contributed by atoms with van der Waals surface area (Å²) in [5.74, 6) is 1.10. The Morgan fingerprint density at radius 1 is 1.18 bits per heavy atom. The normalized spacial score (nSPS) is 25.5. The summed E-state index contributed by atoms with van der Waals surface area (Å²) in [5, 5.41) is 4.65. The fraction of sp³-hybridized carbons (Fsp3) is 0.300. The third-order valence-corrected chi connectivity index (χ3v) is 5.31. The minimum absolute atomic E-state index is 0.332. The average Bonchev–Trinajstić information content (AvgIpc) is 3.03. The third kappa shape index (κ3) is 2.16. The summed E-state index contributed by atoms with van der Waals surface area (Å²) >= 11 is 6.22. The first-order valence-corrected chi connectivity index (χ1v) is 8.46. The van der Waals surface area contributed by atoms with Gasteiger partial charge in [-0.15, -0.1) is 0 Å². The number of rotatable bonds is 2. The highest BCUT2D eigenvalue weighted by molar-refractivity contribution is 6.30. The Balaban J connectivity index is 1.83. The van der Waals surface area contributed by atoms with E-state index < -0.39 is 0 Å². The molecule has 1 N–H and O–H groups in total. The Morgan fingerprint density at radius 3 is 2.86 bits per heavy atom. The second-order valence-corrected chi connectivity index (χ2v) is 6.70. The Kier molecular flexibility index (Phi) is 3.46. The van der Waals surface area contributed by atoms with Gasteiger partial charge in [-0.3, -0.25) is 0 Å². The molecule has 0 saturated carbocycles. The van der Waals surface area contributed by atoms with Crippen molar-refractivity contribution in [3.8, 4) is 0 Å². The minimum Gasteiger partial charge on any atom is -0.377 e. The van der Waals surface area contributed by atoms with Crippen molar-refractivity contribution in [2.75, 3.05) is 5.32 Å². The summed E-state index contributed by atoms with van der Waals surface area (Å²) in [6.07, 6.45) is 6.91. The number of fused-ring (bicyclic) bond motifs is 3. The number of para-hydroxylation sites is 1. The zero-order chi connectivity index (χ0) is 15.1. The van der Waals surface area contributed by atoms with Crippen molar-refractivity contribution in [2.45, 2.75) is 31.7 Å². The van der Waals surface area contributed by atoms with E-state index in [1.54, 1.807) is 0 Å². The van der Waals surface area contributed by atoms with Crippen LogP contribution < -0.4 is 5.32 Å². The fourth-order valence-electron chi connectivity index (χ4n) is 4.01. The van der Waals surface area contributed by atoms with Crippen molar-refractivity contribution in [3.63, 3.8) is 0 Å². The number of anilines is 1. The van der Waals surface area contributed by atoms with Crippen LogP contribution in [0.15, 0.2) is 54.6 Å². The van der Waals surface area contributed by atoms with E-state index in [4.69, 9.17) is 11.6 Å². The Labute approximate surface area is 137 Å². The first-order chi connectivity index (χ1) is 10.8. The summed E-state index contributed by atoms with van der Waals surface area (Å²) < 4.78 is 0. The molecule has 0 unspecified atom stereocenters. The molecule has 0 saturated heterocycles. The van der Waals surface area contributed by atoms with Crippen LogP contribution in [0.5, 0.6) is 0 Å². The van der Waals surface area contributed by atoms with Gasteiger partial charge >= 0.3 is 0 Å². The maximum atomic E-state index is 6.22. The summed E-state index contributed by atoms with van der Waals surface area (Å²) in [6, 6.07) is 15.3. The van der Waals surface area contributed by atoms with Crippen LogP contribution >= 0.6 is 11.6 Å². The second-order valence-electron chi connectivity index (χ2n) is 6.27. The molecule has 2 aromatic carbocycles. The molecule has 0 amide bonds. The van der Waals surface area contributed by atoms with Crippen molar-refractivity contribution in [1.29, 1.82) is 0 Å². The van der Waals surface area contributed by atoms with Gasteiger partial charge in [0.25, 0.3) is 0 Å². The molecule has 4 rings (SSSR count). The average molecular weight is 310 g/mol. The number of halogens is 1. The zero-order valence-electron chi connectivity index (χ0n) is 12.7. The summed E-state index contributed by atoms with van der Waals surface area (Å²) in [5.41, 5.74) is 5.49. The van der Waals surface area contributed by atoms with Crippen molar-refractivity contribution < 1.29 is 0 Å². The quantitative estimate of drug-likeness (QED) is 0.699. The predicted molar refractivity (Wildman–Crippen MR) is 93.6 cm³/mol. The lowest BCUT2D eigenvalue weighted by Gasteiger charge is -2.38. The Hall–Kier alpha value is -1.73. The van der Waals surface area contributed by atoms with Crippen molar-refractivity contribution in [1.82, 2.24) is 0 Å². The van der Waals surface area contributed by atoms with Crippen LogP contribution in [0, 0.1) is 5.92 Å². The van der Waals surface area contributed by atoms with Crippen LogP contribution in [-0.4, -0.2) is 0 Å². The van der Waals surface area contributed by atoms with Crippen LogP contribution in [0.4, 0.5) is 5.69 Å². The van der Waals surface area contributed by atoms with E-state index in [2.05, 4.69) is 60.8 Å². The second kappa shape index (κ2) is 5.48. The topological polar surface area (TPSA) is 12.0 Å². The van der Waals surface area contributed by atoms with Gasteiger partial charge < -0.3 is 5.32 Å². The van der Waals surface area contributed by atoms with Crippen molar-refractivity contribution in [2.24, 2.45) is 5.92 Å². The van der Waals surface area contributed by atoms with E-state index in [1.165, 1.54) is 22.4 Å². The molecule has 0 spiro atoms. The highest BCUT2D eigenvalue weighted by Crippen LogP contribution is 2.50. The van der Waals surface area contributed by atoms with Crippen LogP contribution in [-0.2, 0) is 6.42 Å². The number of allylic oxidation sites excluding steroid dienone is 2. The van der Waals surface area contributed by atoms with Crippen molar-refractivity contribution in [3.05, 3.63) is 76.3 Å². The molecule has 2 aromatic rings. The molecule has 1 aliphatic heterocycles. The van der Waals surface area contributed by atoms with Crippen LogP contribution in [0.25, 0.3) is 0 Å². The highest BCUT2D eigenvalue weighted by atomic mass is 35.5. The van der Waals surface area contributed by atoms with Gasteiger partial charge in [0, 0.05) is 16.6 Å². The SMILES string of the molecule is CCc1cccc2c1N[C@H](c1cccc(Cl)c1)[C@@H]1CC=C[C@@H]21. The zero-order valence-corrected chi connectivity index (χ0v) is 13.5. The van der Waals surface area contributed by atoms with E-state index in [-0.39, 0.29) is 0 Å². The molecule has 0 bridgehead atoms. The molecule has 2 heteroatoms. The number of hydrogen-bond donors (Lipinski definition) is 1. The molecule has 0 fully saturated rings. The van der Waals surface area contributed by atoms with Crippen LogP contribution in [0.3, 0.4) is 0 Å². The summed E-state index contributed by atoms with van der Waals surface area (Å²) in [4.78, 5) is 0. The first-order valence-electron chi connectivity index (χ1n) is 8.08. The summed E-state index contributed by atoms with van der Waals surface area (Å²) in [7, 11) is 0. The van der Waals surface area contributed by atoms with E-state index in [1.807, 2.05) is 6.07 Å². The molecule has 2 aliphatic rings. The highest BCUT2D eigenvalue weighted by Gasteiger charge is 2.38. The van der Waals surface area contributed by atoms with Gasteiger partial charge in [-0.2, -0.15) is 0 Å². The first kappa shape index (κ1) is 13.9. The number of benzene rings is 2. The van der Waals surface area contributed by atoms with Gasteiger partial charge in [-0.1, -0.05) is 61.0 Å². The maximum absolute atomic E-state index is 6.22. The lowest BCUT2D eigenvalue weighted by molar-refractivity contribution is 0.425. The monoisotopic (exact) mass is 309 g/mol. The third-order valence-electron chi connectivity index (χ3n) is 5.07. The van der Waals surface area contributed by atoms with E-state index >= 15 is 0 Å². The molecule has 112 valence electrons. The molecule has 1 heterocycles. The largest absolute Gasteiger partial charge is 0.377 e. The van der Waals surface area contributed by atoms with E-state index in [0.717, 1.165) is 17.9 Å². The van der Waals surface area contributed by atoms with Gasteiger partial charge in [0.2, 0.25) is 0 Å². The van der Waals surface area contributed by atoms with Crippen molar-refractivity contribution >= 4 is 17.3 Å². The van der Waals surface area contributed by atoms with Crippen LogP contribution in [0.2, 0.25) is 5.02 Å². The lowest BCUT2D eigenvalue weighted by Crippen LogP contribution is -2.29. The molecular weight excluding hydrogens is 290 g/mol. The molecular formula is C20H20ClN. The predicted octanol–water partition coefficient (Wildman–Crippen LogP) is 5.73. The molecule has 3 atom stereocenters. The number of nitrogens with one attached hydrogen (secondary N) is 1. The summed E-state index contributed by atoms with van der Waals surface area (Å²) in [6.45, 7) is 2.22. The smallest absolute Gasteiger partial charge is 0.0554 e. The fourth-order valence-corrected chi connectivity index (χ4v) is 4.21. The van der Waals surface area contributed by atoms with Gasteiger partial charge in [0.15, 0.2) is 0 Å². The minimum atomic E-state index is 0.332. The Morgan fingerprint density at radius 2 is 2.05 bits per heavy atom. The van der Waals surface area contributed by atoms with E-state index in [9.17, 15) is 0 Å². The molecule has 1 nitrogen and oxygen atoms in total. The van der Waals surface area contributed by atoms with E-state index in [0.29, 0.717) is 17.9 Å². The molecule has 0 aromatic heterocycles. The molecule has 22 heavy (non-hydrogen) atoms. The Bertz CT molecular complexity index is 734. The van der Waals surface area contributed by atoms with Gasteiger partial charge in [-0.05, 0) is 47.6 Å². The molecule has 0 radical (unpaired) electrons. The lowest BCUT2D eigenvalue weighted by atomic mass is 9.76. The van der Waals surface area contributed by atoms with Gasteiger partial charge in [0.05, 0.1) is 6.04 Å². The number of aryl methyl sites for hydroxylation is 1. The maximum Gasteiger partial charge on any atom is 0.0554 e.